The highest BCUT2D eigenvalue weighted by atomic mass is 31.2. The lowest BCUT2D eigenvalue weighted by Crippen LogP contribution is -2.28. The quantitative estimate of drug-likeness (QED) is 0.194. The van der Waals surface area contributed by atoms with Crippen LogP contribution in [-0.2, 0) is 39.1 Å². The third-order valence-corrected chi connectivity index (χ3v) is 7.00. The van der Waals surface area contributed by atoms with Gasteiger partial charge in [0.25, 0.3) is 0 Å². The maximum absolute atomic E-state index is 13.4. The Morgan fingerprint density at radius 2 is 1.64 bits per heavy atom. The van der Waals surface area contributed by atoms with E-state index in [0.29, 0.717) is 12.2 Å². The second kappa shape index (κ2) is 15.1. The average molecular weight is 562 g/mol. The minimum absolute atomic E-state index is 0.131. The van der Waals surface area contributed by atoms with Gasteiger partial charge in [-0.05, 0) is 59.5 Å². The Hall–Kier alpha value is -3.64. The molecule has 0 aliphatic heterocycles. The molecule has 1 heterocycles. The Bertz CT molecular complexity index is 1210. The molecule has 3 rings (SSSR count). The molecule has 0 bridgehead atoms. The van der Waals surface area contributed by atoms with E-state index in [1.54, 1.807) is 21.0 Å². The number of aromatic nitrogens is 4. The molecule has 0 aliphatic rings. The fourth-order valence-corrected chi connectivity index (χ4v) is 4.81. The van der Waals surface area contributed by atoms with Crippen LogP contribution >= 0.6 is 7.60 Å². The number of nitrogens with one attached hydrogen (secondary N) is 2. The molecular formula is C25H32N5O8P. The molecule has 0 amide bonds. The van der Waals surface area contributed by atoms with E-state index in [-0.39, 0.29) is 19.5 Å². The molecule has 13 nitrogen and oxygen atoms in total. The zero-order valence-electron chi connectivity index (χ0n) is 22.0. The Morgan fingerprint density at radius 1 is 0.974 bits per heavy atom. The normalized spacial score (nSPS) is 12.1. The number of esters is 2. The number of H-pyrrole nitrogens is 1. The molecule has 14 heteroatoms. The van der Waals surface area contributed by atoms with E-state index in [0.717, 1.165) is 22.4 Å². The number of carbonyl (C=O) groups is 2. The SMILES string of the molecule is CCOC(=O)COP(=O)(CN[C@@H](Cc1ccc(-c2cccc(OC)c2)cc1)c1nnn[nH]1)OCC(=O)OCC. The van der Waals surface area contributed by atoms with Crippen LogP contribution in [0, 0.1) is 0 Å². The van der Waals surface area contributed by atoms with Crippen LogP contribution in [0.25, 0.3) is 11.1 Å². The van der Waals surface area contributed by atoms with E-state index in [9.17, 15) is 14.2 Å². The number of ether oxygens (including phenoxy) is 3. The number of hydrogen-bond donors (Lipinski definition) is 2. The maximum Gasteiger partial charge on any atom is 0.345 e. The van der Waals surface area contributed by atoms with Gasteiger partial charge in [-0.2, -0.15) is 0 Å². The summed E-state index contributed by atoms with van der Waals surface area (Å²) in [7, 11) is -2.38. The molecule has 1 atom stereocenters. The van der Waals surface area contributed by atoms with E-state index in [4.69, 9.17) is 23.3 Å². The number of nitrogens with zero attached hydrogens (tertiary/aromatic N) is 3. The first-order chi connectivity index (χ1) is 18.9. The minimum Gasteiger partial charge on any atom is -0.497 e. The van der Waals surface area contributed by atoms with E-state index in [1.165, 1.54) is 0 Å². The molecule has 210 valence electrons. The third kappa shape index (κ3) is 9.56. The minimum atomic E-state index is -4.00. The first-order valence-corrected chi connectivity index (χ1v) is 14.0. The van der Waals surface area contributed by atoms with Crippen molar-refractivity contribution >= 4 is 19.5 Å². The topological polar surface area (TPSA) is 164 Å². The van der Waals surface area contributed by atoms with Gasteiger partial charge >= 0.3 is 19.5 Å². The Labute approximate surface area is 226 Å². The number of benzene rings is 2. The molecule has 2 aromatic carbocycles. The highest BCUT2D eigenvalue weighted by Crippen LogP contribution is 2.47. The predicted octanol–water partition coefficient (Wildman–Crippen LogP) is 3.06. The van der Waals surface area contributed by atoms with Gasteiger partial charge < -0.3 is 14.2 Å². The van der Waals surface area contributed by atoms with Crippen molar-refractivity contribution < 1.29 is 37.4 Å². The van der Waals surface area contributed by atoms with Crippen LogP contribution in [0.3, 0.4) is 0 Å². The first kappa shape index (κ1) is 29.9. The summed E-state index contributed by atoms with van der Waals surface area (Å²) in [6, 6.07) is 15.1. The number of methoxy groups -OCH3 is 1. The summed E-state index contributed by atoms with van der Waals surface area (Å²) < 4.78 is 39.0. The van der Waals surface area contributed by atoms with Gasteiger partial charge in [-0.1, -0.05) is 36.4 Å². The summed E-state index contributed by atoms with van der Waals surface area (Å²) in [5.74, 6) is -0.290. The monoisotopic (exact) mass is 561 g/mol. The van der Waals surface area contributed by atoms with Crippen LogP contribution in [0.1, 0.15) is 31.3 Å². The number of carbonyl (C=O) groups excluding carboxylic acids is 2. The van der Waals surface area contributed by atoms with Gasteiger partial charge in [0.1, 0.15) is 5.75 Å². The van der Waals surface area contributed by atoms with E-state index >= 15 is 0 Å². The molecule has 1 aromatic heterocycles. The van der Waals surface area contributed by atoms with Crippen molar-refractivity contribution in [3.05, 3.63) is 59.9 Å². The predicted molar refractivity (Wildman–Crippen MR) is 140 cm³/mol. The Balaban J connectivity index is 1.72. The van der Waals surface area contributed by atoms with Gasteiger partial charge in [0.15, 0.2) is 19.0 Å². The highest BCUT2D eigenvalue weighted by molar-refractivity contribution is 7.53. The standard InChI is InChI=1S/C25H32N5O8P/c1-4-35-23(31)15-37-39(33,38-16-24(32)36-5-2)17-26-22(25-27-29-30-28-25)13-18-9-11-19(12-10-18)20-7-6-8-21(14-20)34-3/h6-12,14,22,26H,4-5,13,15-17H2,1-3H3,(H,27,28,29,30)/t22-/m0/s1. The van der Waals surface area contributed by atoms with Crippen LogP contribution in [0.4, 0.5) is 0 Å². The van der Waals surface area contributed by atoms with Crippen LogP contribution in [0.15, 0.2) is 48.5 Å². The molecule has 0 aliphatic carbocycles. The summed E-state index contributed by atoms with van der Waals surface area (Å²) in [4.78, 5) is 23.6. The summed E-state index contributed by atoms with van der Waals surface area (Å²) in [6.07, 6.45) is 0.0596. The number of hydrogen-bond acceptors (Lipinski definition) is 12. The van der Waals surface area contributed by atoms with Crippen LogP contribution in [0.5, 0.6) is 5.75 Å². The van der Waals surface area contributed by atoms with Crippen LogP contribution in [-0.4, -0.2) is 72.4 Å². The Kier molecular flexibility index (Phi) is 11.6. The smallest absolute Gasteiger partial charge is 0.345 e. The number of aromatic amines is 1. The second-order valence-corrected chi connectivity index (χ2v) is 10.2. The van der Waals surface area contributed by atoms with Gasteiger partial charge in [-0.25, -0.2) is 14.7 Å². The molecule has 0 radical (unpaired) electrons. The van der Waals surface area contributed by atoms with E-state index < -0.39 is 38.8 Å². The molecule has 39 heavy (non-hydrogen) atoms. The third-order valence-electron chi connectivity index (χ3n) is 5.39. The molecule has 0 spiro atoms. The summed E-state index contributed by atoms with van der Waals surface area (Å²) in [5.41, 5.74) is 2.95. The van der Waals surface area contributed by atoms with Crippen molar-refractivity contribution in [1.29, 1.82) is 0 Å². The molecule has 0 fully saturated rings. The molecule has 0 saturated carbocycles. The van der Waals surface area contributed by atoms with Gasteiger partial charge in [-0.15, -0.1) is 5.10 Å². The molecule has 2 N–H and O–H groups in total. The lowest BCUT2D eigenvalue weighted by Gasteiger charge is -2.22. The van der Waals surface area contributed by atoms with Crippen molar-refractivity contribution in [2.45, 2.75) is 26.3 Å². The van der Waals surface area contributed by atoms with Crippen LogP contribution < -0.4 is 10.1 Å². The van der Waals surface area contributed by atoms with Crippen molar-refractivity contribution in [3.8, 4) is 16.9 Å². The van der Waals surface area contributed by atoms with E-state index in [1.807, 2.05) is 48.5 Å². The van der Waals surface area contributed by atoms with Gasteiger partial charge in [0.2, 0.25) is 0 Å². The summed E-state index contributed by atoms with van der Waals surface area (Å²) in [5, 5.41) is 17.0. The van der Waals surface area contributed by atoms with Gasteiger partial charge in [-0.3, -0.25) is 18.9 Å². The highest BCUT2D eigenvalue weighted by Gasteiger charge is 2.30. The zero-order chi connectivity index (χ0) is 28.1. The van der Waals surface area contributed by atoms with Crippen molar-refractivity contribution in [2.75, 3.05) is 39.8 Å². The first-order valence-electron chi connectivity index (χ1n) is 12.3. The van der Waals surface area contributed by atoms with Gasteiger partial charge in [0, 0.05) is 0 Å². The lowest BCUT2D eigenvalue weighted by atomic mass is 10.0. The second-order valence-electron chi connectivity index (χ2n) is 8.10. The average Bonchev–Trinajstić information content (AvgIpc) is 3.49. The van der Waals surface area contributed by atoms with Crippen molar-refractivity contribution in [3.63, 3.8) is 0 Å². The zero-order valence-corrected chi connectivity index (χ0v) is 22.9. The van der Waals surface area contributed by atoms with Gasteiger partial charge in [0.05, 0.1) is 32.7 Å². The van der Waals surface area contributed by atoms with Crippen molar-refractivity contribution in [1.82, 2.24) is 25.9 Å². The lowest BCUT2D eigenvalue weighted by molar-refractivity contribution is -0.146. The number of rotatable bonds is 16. The summed E-state index contributed by atoms with van der Waals surface area (Å²) >= 11 is 0. The molecule has 3 aromatic rings. The molecule has 0 saturated heterocycles. The fourth-order valence-electron chi connectivity index (χ4n) is 3.51. The largest absolute Gasteiger partial charge is 0.497 e. The molecular weight excluding hydrogens is 529 g/mol. The fraction of sp³-hybridized carbons (Fsp3) is 0.400. The van der Waals surface area contributed by atoms with Crippen molar-refractivity contribution in [2.24, 2.45) is 0 Å². The van der Waals surface area contributed by atoms with Crippen LogP contribution in [0.2, 0.25) is 0 Å². The summed E-state index contributed by atoms with van der Waals surface area (Å²) in [6.45, 7) is 2.30. The number of tetrazole rings is 1. The molecule has 0 unspecified atom stereocenters. The Morgan fingerprint density at radius 3 is 2.21 bits per heavy atom. The maximum atomic E-state index is 13.4. The van der Waals surface area contributed by atoms with E-state index in [2.05, 4.69) is 25.9 Å².